The summed E-state index contributed by atoms with van der Waals surface area (Å²) in [4.78, 5) is 37.9. The van der Waals surface area contributed by atoms with Crippen molar-refractivity contribution in [2.45, 2.75) is 39.0 Å². The van der Waals surface area contributed by atoms with Gasteiger partial charge in [-0.25, -0.2) is 0 Å². The maximum atomic E-state index is 12.3. The van der Waals surface area contributed by atoms with Crippen LogP contribution in [0.5, 0.6) is 0 Å². The number of hydrogen-bond donors (Lipinski definition) is 1. The molecule has 1 N–H and O–H groups in total. The monoisotopic (exact) mass is 364 g/mol. The second-order valence-corrected chi connectivity index (χ2v) is 6.76. The van der Waals surface area contributed by atoms with E-state index in [4.69, 9.17) is 0 Å². The molecular formula is C22H24N2O3. The summed E-state index contributed by atoms with van der Waals surface area (Å²) in [7, 11) is 0. The molecule has 3 rings (SSSR count). The fraction of sp³-hybridized carbons (Fsp3) is 0.318. The van der Waals surface area contributed by atoms with Gasteiger partial charge in [0.25, 0.3) is 11.8 Å². The minimum atomic E-state index is -0.279. The fourth-order valence-electron chi connectivity index (χ4n) is 3.20. The van der Waals surface area contributed by atoms with Gasteiger partial charge in [-0.1, -0.05) is 37.6 Å². The Labute approximate surface area is 159 Å². The molecule has 1 aliphatic heterocycles. The summed E-state index contributed by atoms with van der Waals surface area (Å²) in [6, 6.07) is 14.7. The van der Waals surface area contributed by atoms with Crippen LogP contribution in [-0.2, 0) is 11.2 Å². The Hall–Kier alpha value is -2.95. The molecule has 0 bridgehead atoms. The zero-order valence-corrected chi connectivity index (χ0v) is 15.5. The maximum Gasteiger partial charge on any atom is 0.261 e. The molecule has 0 aliphatic carbocycles. The molecule has 0 spiro atoms. The van der Waals surface area contributed by atoms with Gasteiger partial charge in [-0.05, 0) is 49.1 Å². The van der Waals surface area contributed by atoms with E-state index in [0.29, 0.717) is 17.5 Å². The quantitative estimate of drug-likeness (QED) is 0.719. The highest BCUT2D eigenvalue weighted by molar-refractivity contribution is 6.21. The number of carbonyl (C=O) groups is 3. The molecule has 0 radical (unpaired) electrons. The smallest absolute Gasteiger partial charge is 0.261 e. The standard InChI is InChI=1S/C22H24N2O3/c1-2-3-7-16-11-13-17(14-12-16)23-20(25)10-6-15-24-21(26)18-8-4-5-9-19(18)22(24)27/h4-5,8-9,11-14H,2-3,6-7,10,15H2,1H3,(H,23,25). The van der Waals surface area contributed by atoms with Crippen molar-refractivity contribution in [2.75, 3.05) is 11.9 Å². The molecule has 0 aromatic heterocycles. The van der Waals surface area contributed by atoms with Gasteiger partial charge in [0.15, 0.2) is 0 Å². The third kappa shape index (κ3) is 4.42. The van der Waals surface area contributed by atoms with E-state index in [0.717, 1.165) is 24.9 Å². The lowest BCUT2D eigenvalue weighted by Gasteiger charge is -2.13. The molecule has 2 aromatic carbocycles. The van der Waals surface area contributed by atoms with Crippen molar-refractivity contribution >= 4 is 23.4 Å². The normalized spacial score (nSPS) is 13.0. The summed E-state index contributed by atoms with van der Waals surface area (Å²) in [5, 5.41) is 2.86. The predicted octanol–water partition coefficient (Wildman–Crippen LogP) is 4.04. The van der Waals surface area contributed by atoms with Gasteiger partial charge in [-0.3, -0.25) is 19.3 Å². The van der Waals surface area contributed by atoms with Gasteiger partial charge < -0.3 is 5.32 Å². The third-order valence-corrected chi connectivity index (χ3v) is 4.72. The lowest BCUT2D eigenvalue weighted by molar-refractivity contribution is -0.116. The summed E-state index contributed by atoms with van der Waals surface area (Å²) >= 11 is 0. The molecule has 1 heterocycles. The minimum absolute atomic E-state index is 0.118. The summed E-state index contributed by atoms with van der Waals surface area (Å²) in [6.07, 6.45) is 4.05. The van der Waals surface area contributed by atoms with Crippen molar-refractivity contribution in [3.8, 4) is 0 Å². The number of rotatable bonds is 8. The average molecular weight is 364 g/mol. The van der Waals surface area contributed by atoms with Crippen molar-refractivity contribution in [1.29, 1.82) is 0 Å². The third-order valence-electron chi connectivity index (χ3n) is 4.72. The first-order valence-electron chi connectivity index (χ1n) is 9.44. The average Bonchev–Trinajstić information content (AvgIpc) is 2.92. The number of imide groups is 1. The fourth-order valence-corrected chi connectivity index (χ4v) is 3.20. The van der Waals surface area contributed by atoms with Gasteiger partial charge in [0, 0.05) is 18.7 Å². The number of carbonyl (C=O) groups excluding carboxylic acids is 3. The Kier molecular flexibility index (Phi) is 6.01. The van der Waals surface area contributed by atoms with Crippen LogP contribution in [0.2, 0.25) is 0 Å². The van der Waals surface area contributed by atoms with Gasteiger partial charge in [-0.15, -0.1) is 0 Å². The first-order chi connectivity index (χ1) is 13.1. The van der Waals surface area contributed by atoms with E-state index in [2.05, 4.69) is 12.2 Å². The van der Waals surface area contributed by atoms with Gasteiger partial charge in [-0.2, -0.15) is 0 Å². The zero-order valence-electron chi connectivity index (χ0n) is 15.5. The van der Waals surface area contributed by atoms with E-state index >= 15 is 0 Å². The van der Waals surface area contributed by atoms with Gasteiger partial charge >= 0.3 is 0 Å². The van der Waals surface area contributed by atoms with Crippen molar-refractivity contribution in [1.82, 2.24) is 4.90 Å². The predicted molar refractivity (Wildman–Crippen MR) is 105 cm³/mol. The lowest BCUT2D eigenvalue weighted by Crippen LogP contribution is -2.31. The van der Waals surface area contributed by atoms with Crippen molar-refractivity contribution < 1.29 is 14.4 Å². The van der Waals surface area contributed by atoms with Crippen LogP contribution in [0.25, 0.3) is 0 Å². The molecule has 5 heteroatoms. The molecule has 0 saturated heterocycles. The van der Waals surface area contributed by atoms with E-state index in [9.17, 15) is 14.4 Å². The number of aryl methyl sites for hydroxylation is 1. The Bertz CT molecular complexity index is 808. The van der Waals surface area contributed by atoms with E-state index in [1.807, 2.05) is 24.3 Å². The number of unbranched alkanes of at least 4 members (excludes halogenated alkanes) is 1. The number of nitrogens with one attached hydrogen (secondary N) is 1. The maximum absolute atomic E-state index is 12.3. The lowest BCUT2D eigenvalue weighted by atomic mass is 10.1. The summed E-state index contributed by atoms with van der Waals surface area (Å²) < 4.78 is 0. The van der Waals surface area contributed by atoms with E-state index in [1.54, 1.807) is 24.3 Å². The molecular weight excluding hydrogens is 340 g/mol. The van der Waals surface area contributed by atoms with Crippen LogP contribution in [-0.4, -0.2) is 29.2 Å². The first-order valence-corrected chi connectivity index (χ1v) is 9.44. The highest BCUT2D eigenvalue weighted by atomic mass is 16.2. The second kappa shape index (κ2) is 8.62. The van der Waals surface area contributed by atoms with Crippen molar-refractivity contribution in [3.63, 3.8) is 0 Å². The van der Waals surface area contributed by atoms with Crippen molar-refractivity contribution in [3.05, 3.63) is 65.2 Å². The molecule has 0 unspecified atom stereocenters. The molecule has 0 saturated carbocycles. The van der Waals surface area contributed by atoms with Crippen LogP contribution in [0.3, 0.4) is 0 Å². The van der Waals surface area contributed by atoms with Gasteiger partial charge in [0.1, 0.15) is 0 Å². The van der Waals surface area contributed by atoms with E-state index < -0.39 is 0 Å². The number of fused-ring (bicyclic) bond motifs is 1. The minimum Gasteiger partial charge on any atom is -0.326 e. The number of amides is 3. The first kappa shape index (κ1) is 18.8. The van der Waals surface area contributed by atoms with Crippen LogP contribution in [0.1, 0.15) is 58.9 Å². The van der Waals surface area contributed by atoms with Crippen LogP contribution in [0, 0.1) is 0 Å². The van der Waals surface area contributed by atoms with Crippen molar-refractivity contribution in [2.24, 2.45) is 0 Å². The second-order valence-electron chi connectivity index (χ2n) is 6.76. The Morgan fingerprint density at radius 1 is 0.926 bits per heavy atom. The number of nitrogens with zero attached hydrogens (tertiary/aromatic N) is 1. The number of hydrogen-bond acceptors (Lipinski definition) is 3. The van der Waals surface area contributed by atoms with Crippen LogP contribution < -0.4 is 5.32 Å². The molecule has 5 nitrogen and oxygen atoms in total. The van der Waals surface area contributed by atoms with Crippen LogP contribution in [0.4, 0.5) is 5.69 Å². The van der Waals surface area contributed by atoms with E-state index in [-0.39, 0.29) is 30.7 Å². The van der Waals surface area contributed by atoms with Crippen LogP contribution >= 0.6 is 0 Å². The van der Waals surface area contributed by atoms with Gasteiger partial charge in [0.05, 0.1) is 11.1 Å². The molecule has 2 aromatic rings. The zero-order chi connectivity index (χ0) is 19.2. The summed E-state index contributed by atoms with van der Waals surface area (Å²) in [5.74, 6) is -0.676. The summed E-state index contributed by atoms with van der Waals surface area (Å²) in [5.41, 5.74) is 2.91. The van der Waals surface area contributed by atoms with E-state index in [1.165, 1.54) is 10.5 Å². The number of anilines is 1. The molecule has 0 atom stereocenters. The van der Waals surface area contributed by atoms with Gasteiger partial charge in [0.2, 0.25) is 5.91 Å². The largest absolute Gasteiger partial charge is 0.326 e. The Balaban J connectivity index is 1.46. The topological polar surface area (TPSA) is 66.5 Å². The molecule has 0 fully saturated rings. The SMILES string of the molecule is CCCCc1ccc(NC(=O)CCCN2C(=O)c3ccccc3C2=O)cc1. The van der Waals surface area contributed by atoms with Crippen LogP contribution in [0.15, 0.2) is 48.5 Å². The Morgan fingerprint density at radius 2 is 1.56 bits per heavy atom. The molecule has 27 heavy (non-hydrogen) atoms. The molecule has 3 amide bonds. The summed E-state index contributed by atoms with van der Waals surface area (Å²) in [6.45, 7) is 2.41. The highest BCUT2D eigenvalue weighted by Crippen LogP contribution is 2.22. The highest BCUT2D eigenvalue weighted by Gasteiger charge is 2.34. The molecule has 1 aliphatic rings. The Morgan fingerprint density at radius 3 is 2.15 bits per heavy atom. The number of benzene rings is 2. The molecule has 140 valence electrons.